The van der Waals surface area contributed by atoms with Crippen molar-refractivity contribution in [1.82, 2.24) is 15.1 Å². The number of hydrogen-bond acceptors (Lipinski definition) is 7. The van der Waals surface area contributed by atoms with E-state index in [1.165, 1.54) is 11.8 Å². The Balaban J connectivity index is 2.03. The van der Waals surface area contributed by atoms with Crippen LogP contribution in [0.2, 0.25) is 0 Å². The van der Waals surface area contributed by atoms with Gasteiger partial charge in [0, 0.05) is 18.7 Å². The van der Waals surface area contributed by atoms with Crippen molar-refractivity contribution in [3.8, 4) is 23.0 Å². The fraction of sp³-hybridized carbons (Fsp3) is 0.550. The number of carbonyl (C=O) groups is 1. The summed E-state index contributed by atoms with van der Waals surface area (Å²) >= 11 is 1.26. The second-order valence-corrected chi connectivity index (χ2v) is 8.24. The summed E-state index contributed by atoms with van der Waals surface area (Å²) in [6.07, 6.45) is 0. The molecule has 0 saturated carbocycles. The zero-order valence-electron chi connectivity index (χ0n) is 17.4. The molecule has 2 aromatic rings. The van der Waals surface area contributed by atoms with E-state index in [1.54, 1.807) is 26.4 Å². The van der Waals surface area contributed by atoms with E-state index in [1.807, 2.05) is 11.0 Å². The molecular weight excluding hydrogens is 378 g/mol. The van der Waals surface area contributed by atoms with Crippen molar-refractivity contribution in [2.24, 2.45) is 11.8 Å². The number of aromatic nitrogens is 2. The number of benzene rings is 1. The normalized spacial score (nSPS) is 11.1. The van der Waals surface area contributed by atoms with Crippen LogP contribution >= 0.6 is 11.8 Å². The molecule has 1 heterocycles. The SMILES string of the molecule is COc1ccc(-c2nnc(SCC(=O)N(CC(C)C)CC(C)C)o2)cc1OC. The van der Waals surface area contributed by atoms with Crippen molar-refractivity contribution in [2.75, 3.05) is 33.1 Å². The number of thioether (sulfide) groups is 1. The van der Waals surface area contributed by atoms with Crippen molar-refractivity contribution in [3.05, 3.63) is 18.2 Å². The molecule has 0 bridgehead atoms. The van der Waals surface area contributed by atoms with Crippen molar-refractivity contribution in [1.29, 1.82) is 0 Å². The summed E-state index contributed by atoms with van der Waals surface area (Å²) in [4.78, 5) is 14.5. The molecule has 0 radical (unpaired) electrons. The van der Waals surface area contributed by atoms with Gasteiger partial charge >= 0.3 is 0 Å². The van der Waals surface area contributed by atoms with Crippen LogP contribution in [0.15, 0.2) is 27.8 Å². The Morgan fingerprint density at radius 2 is 1.71 bits per heavy atom. The minimum atomic E-state index is 0.0817. The number of methoxy groups -OCH3 is 2. The third kappa shape index (κ3) is 6.15. The maximum Gasteiger partial charge on any atom is 0.277 e. The topological polar surface area (TPSA) is 77.7 Å². The number of ether oxygens (including phenoxy) is 2. The lowest BCUT2D eigenvalue weighted by atomic mass is 10.1. The lowest BCUT2D eigenvalue weighted by Gasteiger charge is -2.26. The molecule has 1 amide bonds. The average molecular weight is 408 g/mol. The Bertz CT molecular complexity index is 767. The minimum absolute atomic E-state index is 0.0817. The van der Waals surface area contributed by atoms with Crippen LogP contribution in [0.4, 0.5) is 0 Å². The van der Waals surface area contributed by atoms with Crippen molar-refractivity contribution in [2.45, 2.75) is 32.9 Å². The third-order valence-corrected chi connectivity index (χ3v) is 4.68. The van der Waals surface area contributed by atoms with Crippen LogP contribution in [0.3, 0.4) is 0 Å². The van der Waals surface area contributed by atoms with Gasteiger partial charge in [-0.25, -0.2) is 0 Å². The highest BCUT2D eigenvalue weighted by Crippen LogP contribution is 2.32. The summed E-state index contributed by atoms with van der Waals surface area (Å²) in [7, 11) is 3.15. The molecule has 0 fully saturated rings. The lowest BCUT2D eigenvalue weighted by Crippen LogP contribution is -2.38. The first-order valence-corrected chi connectivity index (χ1v) is 10.3. The van der Waals surface area contributed by atoms with Crippen molar-refractivity contribution in [3.63, 3.8) is 0 Å². The Morgan fingerprint density at radius 3 is 2.29 bits per heavy atom. The summed E-state index contributed by atoms with van der Waals surface area (Å²) in [6, 6.07) is 5.38. The van der Waals surface area contributed by atoms with Gasteiger partial charge in [-0.15, -0.1) is 10.2 Å². The van der Waals surface area contributed by atoms with E-state index < -0.39 is 0 Å². The minimum Gasteiger partial charge on any atom is -0.493 e. The summed E-state index contributed by atoms with van der Waals surface area (Å²) in [5, 5.41) is 8.49. The van der Waals surface area contributed by atoms with Gasteiger partial charge < -0.3 is 18.8 Å². The molecule has 0 aliphatic rings. The van der Waals surface area contributed by atoms with Crippen LogP contribution in [0.1, 0.15) is 27.7 Å². The number of carbonyl (C=O) groups excluding carboxylic acids is 1. The maximum atomic E-state index is 12.6. The maximum absolute atomic E-state index is 12.6. The first-order valence-electron chi connectivity index (χ1n) is 9.30. The largest absolute Gasteiger partial charge is 0.493 e. The lowest BCUT2D eigenvalue weighted by molar-refractivity contribution is -0.129. The van der Waals surface area contributed by atoms with Gasteiger partial charge in [0.15, 0.2) is 11.5 Å². The first-order chi connectivity index (χ1) is 13.3. The van der Waals surface area contributed by atoms with E-state index >= 15 is 0 Å². The predicted molar refractivity (Wildman–Crippen MR) is 110 cm³/mol. The summed E-state index contributed by atoms with van der Waals surface area (Å²) < 4.78 is 16.2. The van der Waals surface area contributed by atoms with Crippen LogP contribution in [0.5, 0.6) is 11.5 Å². The zero-order chi connectivity index (χ0) is 20.7. The summed E-state index contributed by atoms with van der Waals surface area (Å²) in [5.41, 5.74) is 0.726. The molecular formula is C20H29N3O4S. The number of nitrogens with zero attached hydrogens (tertiary/aromatic N) is 3. The molecule has 0 aliphatic heterocycles. The Hall–Kier alpha value is -2.22. The fourth-order valence-corrected chi connectivity index (χ4v) is 3.39. The van der Waals surface area contributed by atoms with Crippen LogP contribution in [-0.2, 0) is 4.79 Å². The smallest absolute Gasteiger partial charge is 0.277 e. The highest BCUT2D eigenvalue weighted by molar-refractivity contribution is 7.99. The van der Waals surface area contributed by atoms with Gasteiger partial charge in [0.25, 0.3) is 5.22 Å². The number of rotatable bonds is 10. The average Bonchev–Trinajstić information content (AvgIpc) is 3.13. The molecule has 1 aromatic heterocycles. The fourth-order valence-electron chi connectivity index (χ4n) is 2.73. The molecule has 0 spiro atoms. The van der Waals surface area contributed by atoms with Gasteiger partial charge in [-0.1, -0.05) is 39.5 Å². The molecule has 0 unspecified atom stereocenters. The summed E-state index contributed by atoms with van der Waals surface area (Å²) in [5.74, 6) is 2.78. The van der Waals surface area contributed by atoms with Crippen molar-refractivity contribution >= 4 is 17.7 Å². The molecule has 1 aromatic carbocycles. The standard InChI is InChI=1S/C20H29N3O4S/c1-13(2)10-23(11-14(3)4)18(24)12-28-20-22-21-19(27-20)15-7-8-16(25-5)17(9-15)26-6/h7-9,13-14H,10-12H2,1-6H3. The van der Waals surface area contributed by atoms with E-state index in [4.69, 9.17) is 13.9 Å². The third-order valence-electron chi connectivity index (χ3n) is 3.88. The number of amides is 1. The monoisotopic (exact) mass is 407 g/mol. The first kappa shape index (κ1) is 22.1. The summed E-state index contributed by atoms with van der Waals surface area (Å²) in [6.45, 7) is 9.95. The van der Waals surface area contributed by atoms with E-state index in [0.29, 0.717) is 34.4 Å². The quantitative estimate of drug-likeness (QED) is 0.551. The number of hydrogen-bond donors (Lipinski definition) is 0. The van der Waals surface area contributed by atoms with Crippen LogP contribution in [-0.4, -0.2) is 54.1 Å². The molecule has 154 valence electrons. The highest BCUT2D eigenvalue weighted by Gasteiger charge is 2.18. The van der Waals surface area contributed by atoms with Crippen LogP contribution < -0.4 is 9.47 Å². The van der Waals surface area contributed by atoms with Gasteiger partial charge in [0.05, 0.1) is 20.0 Å². The highest BCUT2D eigenvalue weighted by atomic mass is 32.2. The van der Waals surface area contributed by atoms with Gasteiger partial charge in [0.2, 0.25) is 11.8 Å². The van der Waals surface area contributed by atoms with Gasteiger partial charge in [-0.3, -0.25) is 4.79 Å². The van der Waals surface area contributed by atoms with E-state index in [-0.39, 0.29) is 11.7 Å². The molecule has 0 saturated heterocycles. The van der Waals surface area contributed by atoms with E-state index in [9.17, 15) is 4.79 Å². The zero-order valence-corrected chi connectivity index (χ0v) is 18.2. The predicted octanol–water partition coefficient (Wildman–Crippen LogP) is 3.99. The Kier molecular flexibility index (Phi) is 8.17. The van der Waals surface area contributed by atoms with E-state index in [0.717, 1.165) is 18.7 Å². The molecule has 28 heavy (non-hydrogen) atoms. The second-order valence-electron chi connectivity index (χ2n) is 7.32. The molecule has 0 atom stereocenters. The molecule has 8 heteroatoms. The van der Waals surface area contributed by atoms with Crippen LogP contribution in [0.25, 0.3) is 11.5 Å². The van der Waals surface area contributed by atoms with Crippen molar-refractivity contribution < 1.29 is 18.7 Å². The van der Waals surface area contributed by atoms with Gasteiger partial charge in [-0.05, 0) is 30.0 Å². The van der Waals surface area contributed by atoms with Gasteiger partial charge in [-0.2, -0.15) is 0 Å². The molecule has 2 rings (SSSR count). The second kappa shape index (κ2) is 10.4. The molecule has 0 aliphatic carbocycles. The molecule has 0 N–H and O–H groups in total. The molecule has 7 nitrogen and oxygen atoms in total. The Morgan fingerprint density at radius 1 is 1.07 bits per heavy atom. The Labute approximate surface area is 170 Å². The van der Waals surface area contributed by atoms with Crippen LogP contribution in [0, 0.1) is 11.8 Å². The van der Waals surface area contributed by atoms with Gasteiger partial charge in [0.1, 0.15) is 0 Å². The van der Waals surface area contributed by atoms with E-state index in [2.05, 4.69) is 37.9 Å².